The Kier molecular flexibility index (Phi) is 5.95. The van der Waals surface area contributed by atoms with E-state index in [-0.39, 0.29) is 11.9 Å². The molecular formula is C12H23N7O. The fourth-order valence-corrected chi connectivity index (χ4v) is 1.68. The van der Waals surface area contributed by atoms with E-state index in [0.29, 0.717) is 24.9 Å². The van der Waals surface area contributed by atoms with Crippen molar-refractivity contribution in [2.24, 2.45) is 0 Å². The molecule has 0 bridgehead atoms. The molecule has 1 aromatic rings. The number of anilines is 3. The van der Waals surface area contributed by atoms with Crippen LogP contribution in [0.4, 0.5) is 17.8 Å². The Hall–Kier alpha value is -2.12. The third-order valence-electron chi connectivity index (χ3n) is 2.97. The molecule has 0 saturated carbocycles. The Balaban J connectivity index is 2.86. The number of nitrogens with two attached hydrogens (primary N) is 1. The summed E-state index contributed by atoms with van der Waals surface area (Å²) < 4.78 is 0. The minimum Gasteiger partial charge on any atom is -0.368 e. The molecule has 8 nitrogen and oxygen atoms in total. The average Bonchev–Trinajstić information content (AvgIpc) is 2.45. The zero-order chi connectivity index (χ0) is 15.1. The number of aromatic nitrogens is 3. The van der Waals surface area contributed by atoms with E-state index in [1.165, 1.54) is 0 Å². The van der Waals surface area contributed by atoms with Gasteiger partial charge in [-0.05, 0) is 13.8 Å². The van der Waals surface area contributed by atoms with Gasteiger partial charge in [0.25, 0.3) is 0 Å². The number of nitrogen functional groups attached to an aromatic ring is 1. The summed E-state index contributed by atoms with van der Waals surface area (Å²) in [6, 6.07) is 0. The number of amides is 1. The molecular weight excluding hydrogens is 258 g/mol. The first-order valence-electron chi connectivity index (χ1n) is 6.70. The number of nitrogens with one attached hydrogen (secondary N) is 1. The monoisotopic (exact) mass is 281 g/mol. The van der Waals surface area contributed by atoms with E-state index in [2.05, 4.69) is 20.3 Å². The smallest absolute Gasteiger partial charge is 0.231 e. The van der Waals surface area contributed by atoms with E-state index >= 15 is 0 Å². The maximum atomic E-state index is 11.3. The standard InChI is InChI=1S/C12H23N7O/c1-5-19(6-2)12-16-10(13)15-11(17-12)18(4)8-7-9(20)14-3/h5-8H2,1-4H3,(H,14,20)(H2,13,15,16,17). The summed E-state index contributed by atoms with van der Waals surface area (Å²) in [6.45, 7) is 6.15. The van der Waals surface area contributed by atoms with Gasteiger partial charge in [0.15, 0.2) is 0 Å². The van der Waals surface area contributed by atoms with Crippen LogP contribution < -0.4 is 20.9 Å². The van der Waals surface area contributed by atoms with Gasteiger partial charge in [0.2, 0.25) is 23.8 Å². The minimum absolute atomic E-state index is 0.0251. The van der Waals surface area contributed by atoms with Crippen LogP contribution in [0.15, 0.2) is 0 Å². The second-order valence-electron chi connectivity index (χ2n) is 4.31. The van der Waals surface area contributed by atoms with Crippen molar-refractivity contribution in [1.29, 1.82) is 0 Å². The lowest BCUT2D eigenvalue weighted by Gasteiger charge is -2.21. The molecule has 3 N–H and O–H groups in total. The molecule has 0 radical (unpaired) electrons. The van der Waals surface area contributed by atoms with Gasteiger partial charge in [-0.1, -0.05) is 0 Å². The minimum atomic E-state index is -0.0251. The molecule has 0 aromatic carbocycles. The highest BCUT2D eigenvalue weighted by Crippen LogP contribution is 2.14. The van der Waals surface area contributed by atoms with Crippen LogP contribution >= 0.6 is 0 Å². The highest BCUT2D eigenvalue weighted by Gasteiger charge is 2.13. The number of hydrogen-bond donors (Lipinski definition) is 2. The van der Waals surface area contributed by atoms with Crippen LogP contribution in [-0.4, -0.2) is 54.6 Å². The molecule has 0 aliphatic heterocycles. The van der Waals surface area contributed by atoms with E-state index in [0.717, 1.165) is 13.1 Å². The zero-order valence-corrected chi connectivity index (χ0v) is 12.6. The molecule has 0 unspecified atom stereocenters. The van der Waals surface area contributed by atoms with E-state index in [4.69, 9.17) is 5.73 Å². The van der Waals surface area contributed by atoms with Crippen molar-refractivity contribution >= 4 is 23.8 Å². The van der Waals surface area contributed by atoms with Crippen molar-refractivity contribution in [3.8, 4) is 0 Å². The molecule has 1 heterocycles. The van der Waals surface area contributed by atoms with Gasteiger partial charge in [0.05, 0.1) is 0 Å². The molecule has 1 rings (SSSR count). The normalized spacial score (nSPS) is 10.2. The second kappa shape index (κ2) is 7.46. The molecule has 1 aromatic heterocycles. The van der Waals surface area contributed by atoms with E-state index in [1.807, 2.05) is 25.8 Å². The lowest BCUT2D eigenvalue weighted by molar-refractivity contribution is -0.120. The van der Waals surface area contributed by atoms with Crippen LogP contribution in [0.25, 0.3) is 0 Å². The Morgan fingerprint density at radius 2 is 1.80 bits per heavy atom. The quantitative estimate of drug-likeness (QED) is 0.718. The van der Waals surface area contributed by atoms with Crippen LogP contribution in [0, 0.1) is 0 Å². The van der Waals surface area contributed by atoms with Crippen LogP contribution in [0.2, 0.25) is 0 Å². The third kappa shape index (κ3) is 4.22. The molecule has 8 heteroatoms. The molecule has 0 saturated heterocycles. The topological polar surface area (TPSA) is 100 Å². The van der Waals surface area contributed by atoms with Gasteiger partial charge in [-0.3, -0.25) is 4.79 Å². The average molecular weight is 281 g/mol. The summed E-state index contributed by atoms with van der Waals surface area (Å²) in [4.78, 5) is 27.7. The number of carbonyl (C=O) groups is 1. The van der Waals surface area contributed by atoms with Crippen LogP contribution in [-0.2, 0) is 4.79 Å². The van der Waals surface area contributed by atoms with Gasteiger partial charge >= 0.3 is 0 Å². The van der Waals surface area contributed by atoms with Crippen molar-refractivity contribution in [3.05, 3.63) is 0 Å². The Morgan fingerprint density at radius 3 is 2.35 bits per heavy atom. The van der Waals surface area contributed by atoms with Gasteiger partial charge in [-0.15, -0.1) is 0 Å². The van der Waals surface area contributed by atoms with Crippen molar-refractivity contribution in [3.63, 3.8) is 0 Å². The summed E-state index contributed by atoms with van der Waals surface area (Å²) >= 11 is 0. The maximum Gasteiger partial charge on any atom is 0.231 e. The number of carbonyl (C=O) groups excluding carboxylic acids is 1. The van der Waals surface area contributed by atoms with Crippen LogP contribution in [0.3, 0.4) is 0 Å². The summed E-state index contributed by atoms with van der Waals surface area (Å²) in [6.07, 6.45) is 0.374. The highest BCUT2D eigenvalue weighted by atomic mass is 16.1. The molecule has 1 amide bonds. The zero-order valence-electron chi connectivity index (χ0n) is 12.6. The second-order valence-corrected chi connectivity index (χ2v) is 4.31. The largest absolute Gasteiger partial charge is 0.368 e. The van der Waals surface area contributed by atoms with Gasteiger partial charge in [0.1, 0.15) is 0 Å². The first-order valence-corrected chi connectivity index (χ1v) is 6.70. The van der Waals surface area contributed by atoms with Crippen molar-refractivity contribution in [2.45, 2.75) is 20.3 Å². The molecule has 112 valence electrons. The van der Waals surface area contributed by atoms with Crippen molar-refractivity contribution in [1.82, 2.24) is 20.3 Å². The molecule has 0 spiro atoms. The van der Waals surface area contributed by atoms with Crippen LogP contribution in [0.1, 0.15) is 20.3 Å². The Morgan fingerprint density at radius 1 is 1.20 bits per heavy atom. The van der Waals surface area contributed by atoms with E-state index in [9.17, 15) is 4.79 Å². The van der Waals surface area contributed by atoms with Crippen molar-refractivity contribution < 1.29 is 4.79 Å². The maximum absolute atomic E-state index is 11.3. The predicted molar refractivity (Wildman–Crippen MR) is 79.8 cm³/mol. The van der Waals surface area contributed by atoms with Gasteiger partial charge in [0, 0.05) is 40.2 Å². The summed E-state index contributed by atoms with van der Waals surface area (Å²) in [5.74, 6) is 1.19. The van der Waals surface area contributed by atoms with E-state index < -0.39 is 0 Å². The highest BCUT2D eigenvalue weighted by molar-refractivity contribution is 5.76. The lowest BCUT2D eigenvalue weighted by atomic mass is 10.4. The Labute approximate surface area is 119 Å². The fourth-order valence-electron chi connectivity index (χ4n) is 1.68. The summed E-state index contributed by atoms with van der Waals surface area (Å²) in [5, 5.41) is 2.58. The predicted octanol–water partition coefficient (Wildman–Crippen LogP) is -0.128. The summed E-state index contributed by atoms with van der Waals surface area (Å²) in [5.41, 5.74) is 5.73. The molecule has 20 heavy (non-hydrogen) atoms. The fraction of sp³-hybridized carbons (Fsp3) is 0.667. The third-order valence-corrected chi connectivity index (χ3v) is 2.97. The van der Waals surface area contributed by atoms with Crippen LogP contribution in [0.5, 0.6) is 0 Å². The van der Waals surface area contributed by atoms with Gasteiger partial charge in [-0.2, -0.15) is 15.0 Å². The number of nitrogens with zero attached hydrogens (tertiary/aromatic N) is 5. The molecule has 0 aliphatic rings. The molecule has 0 fully saturated rings. The van der Waals surface area contributed by atoms with Crippen molar-refractivity contribution in [2.75, 3.05) is 49.3 Å². The Bertz CT molecular complexity index is 447. The SMILES string of the molecule is CCN(CC)c1nc(N)nc(N(C)CCC(=O)NC)n1. The first kappa shape index (κ1) is 15.9. The van der Waals surface area contributed by atoms with Gasteiger partial charge in [-0.25, -0.2) is 0 Å². The lowest BCUT2D eigenvalue weighted by Crippen LogP contribution is -2.29. The van der Waals surface area contributed by atoms with Gasteiger partial charge < -0.3 is 20.9 Å². The van der Waals surface area contributed by atoms with E-state index in [1.54, 1.807) is 11.9 Å². The first-order chi connectivity index (χ1) is 9.51. The molecule has 0 aliphatic carbocycles. The number of rotatable bonds is 7. The molecule has 0 atom stereocenters. The number of hydrogen-bond acceptors (Lipinski definition) is 7. The summed E-state index contributed by atoms with van der Waals surface area (Å²) in [7, 11) is 3.44.